The van der Waals surface area contributed by atoms with Gasteiger partial charge in [0, 0.05) is 18.8 Å². The first-order valence-corrected chi connectivity index (χ1v) is 8.43. The molecule has 1 heterocycles. The Kier molecular flexibility index (Phi) is 5.85. The van der Waals surface area contributed by atoms with Gasteiger partial charge in [0.15, 0.2) is 0 Å². The molecular formula is C19H26N2O4. The topological polar surface area (TPSA) is 78.9 Å². The smallest absolute Gasteiger partial charge is 0.257 e. The summed E-state index contributed by atoms with van der Waals surface area (Å²) in [4.78, 5) is 25.9. The van der Waals surface area contributed by atoms with Crippen molar-refractivity contribution in [2.45, 2.75) is 45.3 Å². The number of hydrogen-bond acceptors (Lipinski definition) is 4. The summed E-state index contributed by atoms with van der Waals surface area (Å²) in [5.74, 6) is -0.754. The van der Waals surface area contributed by atoms with Crippen LogP contribution < -0.4 is 5.32 Å². The molecule has 2 N–H and O–H groups in total. The van der Waals surface area contributed by atoms with E-state index in [1.807, 2.05) is 20.8 Å². The van der Waals surface area contributed by atoms with Gasteiger partial charge < -0.3 is 20.1 Å². The predicted octanol–water partition coefficient (Wildman–Crippen LogP) is 2.94. The van der Waals surface area contributed by atoms with E-state index < -0.39 is 0 Å². The zero-order valence-corrected chi connectivity index (χ0v) is 15.0. The fourth-order valence-corrected chi connectivity index (χ4v) is 2.87. The summed E-state index contributed by atoms with van der Waals surface area (Å²) in [6, 6.07) is 4.42. The molecule has 1 aromatic carbocycles. The Labute approximate surface area is 148 Å². The molecule has 6 nitrogen and oxygen atoms in total. The summed E-state index contributed by atoms with van der Waals surface area (Å²) in [6.07, 6.45) is 2.87. The Hall–Kier alpha value is -2.34. The van der Waals surface area contributed by atoms with Crippen LogP contribution >= 0.6 is 0 Å². The lowest BCUT2D eigenvalue weighted by molar-refractivity contribution is -0.111. The number of amides is 2. The van der Waals surface area contributed by atoms with Crippen LogP contribution in [0.2, 0.25) is 0 Å². The van der Waals surface area contributed by atoms with Gasteiger partial charge in [0.25, 0.3) is 5.91 Å². The van der Waals surface area contributed by atoms with Crippen molar-refractivity contribution in [3.05, 3.63) is 36.4 Å². The molecule has 2 rings (SSSR count). The number of hydrogen-bond donors (Lipinski definition) is 2. The number of piperidine rings is 1. The lowest BCUT2D eigenvalue weighted by Crippen LogP contribution is -2.45. The summed E-state index contributed by atoms with van der Waals surface area (Å²) in [7, 11) is 0. The second-order valence-corrected chi connectivity index (χ2v) is 7.17. The molecule has 6 heteroatoms. The largest absolute Gasteiger partial charge is 0.507 e. The zero-order valence-electron chi connectivity index (χ0n) is 15.0. The lowest BCUT2D eigenvalue weighted by atomic mass is 10.0. The molecule has 0 saturated carbocycles. The molecule has 0 aromatic heterocycles. The van der Waals surface area contributed by atoms with E-state index in [1.165, 1.54) is 18.2 Å². The van der Waals surface area contributed by atoms with Gasteiger partial charge in [0.05, 0.1) is 17.3 Å². The van der Waals surface area contributed by atoms with Gasteiger partial charge in [-0.25, -0.2) is 0 Å². The van der Waals surface area contributed by atoms with Gasteiger partial charge in [-0.1, -0.05) is 6.58 Å². The molecule has 0 spiro atoms. The molecule has 0 aliphatic carbocycles. The number of ether oxygens (including phenoxy) is 1. The molecular weight excluding hydrogens is 320 g/mol. The fraction of sp³-hybridized carbons (Fsp3) is 0.474. The highest BCUT2D eigenvalue weighted by Crippen LogP contribution is 2.26. The Balaban J connectivity index is 2.14. The first-order valence-electron chi connectivity index (χ1n) is 8.43. The van der Waals surface area contributed by atoms with Gasteiger partial charge in [-0.2, -0.15) is 0 Å². The van der Waals surface area contributed by atoms with Crippen molar-refractivity contribution in [3.63, 3.8) is 0 Å². The Morgan fingerprint density at radius 2 is 2.12 bits per heavy atom. The van der Waals surface area contributed by atoms with E-state index in [-0.39, 0.29) is 34.8 Å². The van der Waals surface area contributed by atoms with Crippen LogP contribution in [0.5, 0.6) is 5.75 Å². The minimum absolute atomic E-state index is 0.0245. The molecule has 0 bridgehead atoms. The first-order chi connectivity index (χ1) is 11.7. The van der Waals surface area contributed by atoms with Crippen LogP contribution in [0.3, 0.4) is 0 Å². The highest BCUT2D eigenvalue weighted by atomic mass is 16.5. The van der Waals surface area contributed by atoms with Crippen molar-refractivity contribution in [1.29, 1.82) is 0 Å². The number of benzene rings is 1. The standard InChI is InChI=1S/C19H26N2O4/c1-5-17(23)20-13-8-9-16(22)15(11-13)18(24)21-10-6-7-14(12-21)25-19(2,3)4/h5,8-9,11,14,22H,1,6-7,10,12H2,2-4H3,(H,20,23)/t14-/m0/s1. The summed E-state index contributed by atoms with van der Waals surface area (Å²) in [6.45, 7) is 10.5. The van der Waals surface area contributed by atoms with Crippen LogP contribution in [0, 0.1) is 0 Å². The fourth-order valence-electron chi connectivity index (χ4n) is 2.87. The average molecular weight is 346 g/mol. The van der Waals surface area contributed by atoms with Gasteiger partial charge in [-0.15, -0.1) is 0 Å². The highest BCUT2D eigenvalue weighted by molar-refractivity contribution is 6.02. The number of phenols is 1. The third kappa shape index (κ3) is 5.32. The molecule has 1 fully saturated rings. The van der Waals surface area contributed by atoms with Crippen LogP contribution in [0.25, 0.3) is 0 Å². The zero-order chi connectivity index (χ0) is 18.6. The van der Waals surface area contributed by atoms with E-state index in [2.05, 4.69) is 11.9 Å². The van der Waals surface area contributed by atoms with Crippen molar-refractivity contribution in [2.75, 3.05) is 18.4 Å². The number of rotatable bonds is 4. The third-order valence-electron chi connectivity index (χ3n) is 3.87. The number of likely N-dealkylation sites (tertiary alicyclic amines) is 1. The van der Waals surface area contributed by atoms with Gasteiger partial charge in [-0.3, -0.25) is 9.59 Å². The minimum Gasteiger partial charge on any atom is -0.507 e. The van der Waals surface area contributed by atoms with Crippen LogP contribution in [-0.2, 0) is 9.53 Å². The molecule has 1 aliphatic heterocycles. The molecule has 1 saturated heterocycles. The van der Waals surface area contributed by atoms with Crippen molar-refractivity contribution in [3.8, 4) is 5.75 Å². The average Bonchev–Trinajstić information content (AvgIpc) is 2.54. The Bertz CT molecular complexity index is 664. The van der Waals surface area contributed by atoms with Crippen LogP contribution in [0.15, 0.2) is 30.9 Å². The molecule has 0 radical (unpaired) electrons. The minimum atomic E-state index is -0.374. The normalized spacial score (nSPS) is 17.9. The van der Waals surface area contributed by atoms with E-state index in [0.717, 1.165) is 18.9 Å². The predicted molar refractivity (Wildman–Crippen MR) is 96.7 cm³/mol. The van der Waals surface area contributed by atoms with E-state index in [4.69, 9.17) is 4.74 Å². The first kappa shape index (κ1) is 19.0. The molecule has 136 valence electrons. The number of carbonyl (C=O) groups excluding carboxylic acids is 2. The number of nitrogens with one attached hydrogen (secondary N) is 1. The van der Waals surface area contributed by atoms with Gasteiger partial charge in [0.1, 0.15) is 5.75 Å². The summed E-state index contributed by atoms with van der Waals surface area (Å²) >= 11 is 0. The van der Waals surface area contributed by atoms with E-state index in [1.54, 1.807) is 4.90 Å². The van der Waals surface area contributed by atoms with Crippen LogP contribution in [0.4, 0.5) is 5.69 Å². The van der Waals surface area contributed by atoms with Gasteiger partial charge >= 0.3 is 0 Å². The van der Waals surface area contributed by atoms with Crippen molar-refractivity contribution in [2.24, 2.45) is 0 Å². The molecule has 1 aliphatic rings. The van der Waals surface area contributed by atoms with Crippen molar-refractivity contribution < 1.29 is 19.4 Å². The summed E-state index contributed by atoms with van der Waals surface area (Å²) in [5.41, 5.74) is 0.331. The van der Waals surface area contributed by atoms with E-state index in [9.17, 15) is 14.7 Å². The molecule has 1 atom stereocenters. The summed E-state index contributed by atoms with van der Waals surface area (Å²) < 4.78 is 5.99. The maximum atomic E-state index is 12.8. The lowest BCUT2D eigenvalue weighted by Gasteiger charge is -2.36. The maximum Gasteiger partial charge on any atom is 0.257 e. The van der Waals surface area contributed by atoms with Crippen molar-refractivity contribution >= 4 is 17.5 Å². The Morgan fingerprint density at radius 1 is 1.40 bits per heavy atom. The number of carbonyl (C=O) groups is 2. The second kappa shape index (κ2) is 7.70. The van der Waals surface area contributed by atoms with E-state index in [0.29, 0.717) is 18.8 Å². The van der Waals surface area contributed by atoms with Crippen LogP contribution in [0.1, 0.15) is 44.0 Å². The monoisotopic (exact) mass is 346 g/mol. The Morgan fingerprint density at radius 3 is 2.76 bits per heavy atom. The third-order valence-corrected chi connectivity index (χ3v) is 3.87. The van der Waals surface area contributed by atoms with Gasteiger partial charge in [0.2, 0.25) is 5.91 Å². The maximum absolute atomic E-state index is 12.8. The van der Waals surface area contributed by atoms with Crippen molar-refractivity contribution in [1.82, 2.24) is 4.90 Å². The summed E-state index contributed by atoms with van der Waals surface area (Å²) in [5, 5.41) is 12.7. The number of aromatic hydroxyl groups is 1. The quantitative estimate of drug-likeness (QED) is 0.649. The molecule has 1 aromatic rings. The number of anilines is 1. The molecule has 2 amide bonds. The second-order valence-electron chi connectivity index (χ2n) is 7.17. The SMILES string of the molecule is C=CC(=O)Nc1ccc(O)c(C(=O)N2CCC[C@H](OC(C)(C)C)C2)c1. The van der Waals surface area contributed by atoms with Crippen LogP contribution in [-0.4, -0.2) is 46.6 Å². The van der Waals surface area contributed by atoms with Gasteiger partial charge in [-0.05, 0) is 57.9 Å². The van der Waals surface area contributed by atoms with E-state index >= 15 is 0 Å². The molecule has 0 unspecified atom stereocenters. The number of phenolic OH excluding ortho intramolecular Hbond substituents is 1. The highest BCUT2D eigenvalue weighted by Gasteiger charge is 2.29. The number of nitrogens with zero attached hydrogens (tertiary/aromatic N) is 1. The molecule has 25 heavy (non-hydrogen) atoms.